The molecule has 9 heteroatoms. The number of carbonyl (C=O) groups excluding carboxylic acids is 2. The van der Waals surface area contributed by atoms with Gasteiger partial charge in [-0.15, -0.1) is 11.8 Å². The minimum absolute atomic E-state index is 0.102. The van der Waals surface area contributed by atoms with Crippen LogP contribution in [0.2, 0.25) is 0 Å². The smallest absolute Gasteiger partial charge is 0.357 e. The molecule has 0 aliphatic carbocycles. The first-order valence-corrected chi connectivity index (χ1v) is 11.3. The van der Waals surface area contributed by atoms with Crippen LogP contribution in [0.15, 0.2) is 22.1 Å². The molecule has 0 saturated carbocycles. The molecule has 3 aliphatic rings. The number of hydrogen-bond acceptors (Lipinski definition) is 7. The Bertz CT molecular complexity index is 675. The van der Waals surface area contributed by atoms with Gasteiger partial charge in [0.1, 0.15) is 12.0 Å². The molecule has 0 unspecified atom stereocenters. The topological polar surface area (TPSA) is 83.9 Å². The van der Waals surface area contributed by atoms with E-state index in [1.807, 2.05) is 0 Å². The third-order valence-electron chi connectivity index (χ3n) is 4.22. The van der Waals surface area contributed by atoms with Gasteiger partial charge in [-0.25, -0.2) is 4.79 Å². The molecule has 3 rings (SSSR count). The molecule has 0 aromatic rings. The Labute approximate surface area is 157 Å². The van der Waals surface area contributed by atoms with Gasteiger partial charge < -0.3 is 9.84 Å². The molecule has 6 nitrogen and oxygen atoms in total. The maximum atomic E-state index is 12.5. The van der Waals surface area contributed by atoms with Gasteiger partial charge in [-0.05, 0) is 25.8 Å². The number of aliphatic hydroxyl groups excluding tert-OH is 1. The van der Waals surface area contributed by atoms with Crippen LogP contribution in [-0.2, 0) is 25.1 Å². The number of nitrogens with zero attached hydrogens (tertiary/aromatic N) is 1. The summed E-state index contributed by atoms with van der Waals surface area (Å²) in [5.41, 5.74) is 0.981. The van der Waals surface area contributed by atoms with Gasteiger partial charge in [0.25, 0.3) is 0 Å². The van der Waals surface area contributed by atoms with Gasteiger partial charge in [-0.1, -0.05) is 18.3 Å². The highest BCUT2D eigenvalue weighted by atomic mass is 32.2. The van der Waals surface area contributed by atoms with E-state index in [2.05, 4.69) is 6.58 Å². The fourth-order valence-corrected chi connectivity index (χ4v) is 8.21. The molecule has 1 N–H and O–H groups in total. The molecule has 0 aromatic carbocycles. The number of thioether (sulfide) groups is 2. The summed E-state index contributed by atoms with van der Waals surface area (Å²) in [6.07, 6.45) is 0.0608. The monoisotopic (exact) mass is 403 g/mol. The van der Waals surface area contributed by atoms with Gasteiger partial charge in [-0.3, -0.25) is 13.9 Å². The van der Waals surface area contributed by atoms with Crippen LogP contribution in [0, 0.1) is 5.92 Å². The van der Waals surface area contributed by atoms with Crippen molar-refractivity contribution in [3.05, 3.63) is 22.1 Å². The van der Waals surface area contributed by atoms with Crippen molar-refractivity contribution in [1.82, 2.24) is 4.90 Å². The lowest BCUT2D eigenvalue weighted by atomic mass is 9.92. The van der Waals surface area contributed by atoms with Crippen molar-refractivity contribution in [3.63, 3.8) is 0 Å². The highest BCUT2D eigenvalue weighted by Gasteiger charge is 2.58. The number of rotatable bonds is 6. The second-order valence-corrected chi connectivity index (χ2v) is 10.8. The van der Waals surface area contributed by atoms with E-state index in [9.17, 15) is 18.9 Å². The summed E-state index contributed by atoms with van der Waals surface area (Å²) >= 11 is 2.93. The number of carbonyl (C=O) groups is 2. The number of β-lactam (4-membered cyclic amide) rings is 1. The standard InChI is InChI=1S/C16H21NO5S3/c1-8(2)6-22-15(20)12-16(23-10-4-5-25(21)7-10)24-14-11(9(3)18)13(19)17(12)14/h9-11,14,18H,1,4-7H2,2-3H3/t9-,10+,11+,14-,25-/m1/s1. The number of aliphatic hydroxyl groups is 1. The summed E-state index contributed by atoms with van der Waals surface area (Å²) in [4.78, 5) is 26.4. The Morgan fingerprint density at radius 2 is 2.32 bits per heavy atom. The third-order valence-corrected chi connectivity index (χ3v) is 8.77. The molecule has 1 amide bonds. The van der Waals surface area contributed by atoms with Gasteiger partial charge >= 0.3 is 5.97 Å². The molecule has 0 aromatic heterocycles. The highest BCUT2D eigenvalue weighted by Crippen LogP contribution is 2.55. The lowest BCUT2D eigenvalue weighted by molar-refractivity contribution is -0.158. The number of fused-ring (bicyclic) bond motifs is 1. The minimum Gasteiger partial charge on any atom is -0.456 e. The number of hydrogen-bond donors (Lipinski definition) is 1. The van der Waals surface area contributed by atoms with Crippen LogP contribution in [0.25, 0.3) is 0 Å². The van der Waals surface area contributed by atoms with Crippen LogP contribution in [0.4, 0.5) is 0 Å². The van der Waals surface area contributed by atoms with Crippen molar-refractivity contribution >= 4 is 46.2 Å². The number of ether oxygens (including phenoxy) is 1. The molecule has 5 atom stereocenters. The van der Waals surface area contributed by atoms with Crippen molar-refractivity contribution in [1.29, 1.82) is 0 Å². The molecular weight excluding hydrogens is 382 g/mol. The molecular formula is C16H21NO5S3. The summed E-state index contributed by atoms with van der Waals surface area (Å²) in [6.45, 7) is 7.16. The van der Waals surface area contributed by atoms with Crippen molar-refractivity contribution in [2.75, 3.05) is 18.1 Å². The van der Waals surface area contributed by atoms with Crippen LogP contribution < -0.4 is 0 Å². The van der Waals surface area contributed by atoms with E-state index < -0.39 is 28.8 Å². The predicted molar refractivity (Wildman–Crippen MR) is 100 cm³/mol. The summed E-state index contributed by atoms with van der Waals surface area (Å²) in [5.74, 6) is -0.0311. The van der Waals surface area contributed by atoms with Crippen LogP contribution in [0.1, 0.15) is 20.3 Å². The zero-order valence-corrected chi connectivity index (χ0v) is 16.5. The maximum Gasteiger partial charge on any atom is 0.357 e. The average Bonchev–Trinajstić information content (AvgIpc) is 3.06. The van der Waals surface area contributed by atoms with Crippen molar-refractivity contribution in [3.8, 4) is 0 Å². The second-order valence-electron chi connectivity index (χ2n) is 6.49. The Hall–Kier alpha value is -0.770. The largest absolute Gasteiger partial charge is 0.456 e. The molecule has 2 fully saturated rings. The highest BCUT2D eigenvalue weighted by molar-refractivity contribution is 8.23. The van der Waals surface area contributed by atoms with Gasteiger partial charge in [0, 0.05) is 27.6 Å². The van der Waals surface area contributed by atoms with E-state index >= 15 is 0 Å². The normalized spacial score (nSPS) is 32.4. The van der Waals surface area contributed by atoms with Gasteiger partial charge in [-0.2, -0.15) is 0 Å². The average molecular weight is 404 g/mol. The summed E-state index contributed by atoms with van der Waals surface area (Å²) in [7, 11) is -0.809. The minimum atomic E-state index is -0.809. The zero-order chi connectivity index (χ0) is 18.3. The lowest BCUT2D eigenvalue weighted by Gasteiger charge is -2.43. The molecule has 25 heavy (non-hydrogen) atoms. The summed E-state index contributed by atoms with van der Waals surface area (Å²) < 4.78 is 17.6. The van der Waals surface area contributed by atoms with E-state index in [-0.39, 0.29) is 28.8 Å². The van der Waals surface area contributed by atoms with Crippen molar-refractivity contribution < 1.29 is 23.6 Å². The molecule has 2 saturated heterocycles. The molecule has 0 bridgehead atoms. The van der Waals surface area contributed by atoms with Crippen molar-refractivity contribution in [2.24, 2.45) is 5.92 Å². The molecule has 138 valence electrons. The first-order chi connectivity index (χ1) is 11.8. The van der Waals surface area contributed by atoms with Crippen LogP contribution >= 0.6 is 23.5 Å². The Kier molecular flexibility index (Phi) is 5.67. The van der Waals surface area contributed by atoms with E-state index in [0.29, 0.717) is 17.1 Å². The van der Waals surface area contributed by atoms with E-state index in [1.165, 1.54) is 28.4 Å². The van der Waals surface area contributed by atoms with Gasteiger partial charge in [0.2, 0.25) is 5.91 Å². The van der Waals surface area contributed by atoms with E-state index in [0.717, 1.165) is 10.7 Å². The van der Waals surface area contributed by atoms with Crippen molar-refractivity contribution in [2.45, 2.75) is 37.0 Å². The fourth-order valence-electron chi connectivity index (χ4n) is 2.96. The fraction of sp³-hybridized carbons (Fsp3) is 0.625. The van der Waals surface area contributed by atoms with Gasteiger partial charge in [0.05, 0.1) is 16.3 Å². The molecule has 0 radical (unpaired) electrons. The van der Waals surface area contributed by atoms with Gasteiger partial charge in [0.15, 0.2) is 5.70 Å². The molecule has 0 spiro atoms. The Morgan fingerprint density at radius 1 is 1.60 bits per heavy atom. The Morgan fingerprint density at radius 3 is 2.88 bits per heavy atom. The molecule has 3 heterocycles. The first kappa shape index (κ1) is 19.0. The van der Waals surface area contributed by atoms with Crippen LogP contribution in [0.5, 0.6) is 0 Å². The first-order valence-electron chi connectivity index (χ1n) is 8.04. The second kappa shape index (κ2) is 7.46. The third kappa shape index (κ3) is 3.70. The summed E-state index contributed by atoms with van der Waals surface area (Å²) in [5, 5.41) is 9.74. The number of esters is 1. The van der Waals surface area contributed by atoms with Crippen LogP contribution in [0.3, 0.4) is 0 Å². The number of amides is 1. The maximum absolute atomic E-state index is 12.5. The lowest BCUT2D eigenvalue weighted by Crippen LogP contribution is -2.60. The van der Waals surface area contributed by atoms with E-state index in [1.54, 1.807) is 13.8 Å². The van der Waals surface area contributed by atoms with E-state index in [4.69, 9.17) is 4.74 Å². The molecule has 3 aliphatic heterocycles. The van der Waals surface area contributed by atoms with Crippen LogP contribution in [-0.4, -0.2) is 60.9 Å². The predicted octanol–water partition coefficient (Wildman–Crippen LogP) is 1.44. The zero-order valence-electron chi connectivity index (χ0n) is 14.1. The SMILES string of the molecule is C=C(C)COC(=O)C1=C(S[C@H]2CC[S@@](=O)C2)S[C@@H]2[C@@H]([C@@H](C)O)C(=O)N12. The summed E-state index contributed by atoms with van der Waals surface area (Å²) in [6, 6.07) is 0. The Balaban J connectivity index is 1.81. The quantitative estimate of drug-likeness (QED) is 0.408.